The quantitative estimate of drug-likeness (QED) is 0.435. The summed E-state index contributed by atoms with van der Waals surface area (Å²) in [6, 6.07) is 0. The van der Waals surface area contributed by atoms with Crippen LogP contribution in [-0.4, -0.2) is 22.9 Å². The summed E-state index contributed by atoms with van der Waals surface area (Å²) in [6.07, 6.45) is 0. The van der Waals surface area contributed by atoms with E-state index in [-0.39, 0.29) is 27.7 Å². The average Bonchev–Trinajstić information content (AvgIpc) is 2.02. The van der Waals surface area contributed by atoms with Crippen LogP contribution in [0.4, 0.5) is 0 Å². The molecule has 0 N–H and O–H groups in total. The van der Waals surface area contributed by atoms with Gasteiger partial charge in [-0.05, 0) is 11.6 Å². The molecule has 1 aromatic rings. The van der Waals surface area contributed by atoms with Crippen LogP contribution >= 0.6 is 23.2 Å². The molecule has 6 heteroatoms. The molecule has 0 aliphatic heterocycles. The number of methoxy groups -OCH3 is 1. The summed E-state index contributed by atoms with van der Waals surface area (Å²) >= 11 is 11.2. The van der Waals surface area contributed by atoms with E-state index in [0.717, 1.165) is 0 Å². The van der Waals surface area contributed by atoms with E-state index >= 15 is 0 Å². The van der Waals surface area contributed by atoms with Gasteiger partial charge in [0.05, 0.1) is 7.11 Å². The maximum atomic E-state index is 11.0. The minimum Gasteiger partial charge on any atom is -0.491 e. The standard InChI is InChI=1S/C7H6Cl2N2O2/c1-3(12)4-5(13-2)6(8)11-7(9)10-4/h1-2H3. The van der Waals surface area contributed by atoms with E-state index < -0.39 is 0 Å². The predicted molar refractivity (Wildman–Crippen MR) is 48.6 cm³/mol. The molecule has 0 spiro atoms. The van der Waals surface area contributed by atoms with Crippen molar-refractivity contribution in [2.45, 2.75) is 6.92 Å². The van der Waals surface area contributed by atoms with E-state index in [9.17, 15) is 4.79 Å². The number of rotatable bonds is 2. The number of halogens is 2. The number of carbonyl (C=O) groups excluding carboxylic acids is 1. The number of ketones is 1. The topological polar surface area (TPSA) is 52.1 Å². The Kier molecular flexibility index (Phi) is 3.06. The number of Topliss-reactive ketones (excluding diaryl/α,β-unsaturated/α-hetero) is 1. The van der Waals surface area contributed by atoms with Gasteiger partial charge in [0.2, 0.25) is 5.28 Å². The van der Waals surface area contributed by atoms with E-state index in [1.807, 2.05) is 0 Å². The summed E-state index contributed by atoms with van der Waals surface area (Å²) < 4.78 is 4.86. The van der Waals surface area contributed by atoms with Gasteiger partial charge in [-0.15, -0.1) is 0 Å². The zero-order valence-corrected chi connectivity index (χ0v) is 8.48. The Hall–Kier alpha value is -0.870. The van der Waals surface area contributed by atoms with Crippen LogP contribution in [0.3, 0.4) is 0 Å². The van der Waals surface area contributed by atoms with Crippen LogP contribution in [0.1, 0.15) is 17.4 Å². The first-order valence-corrected chi connectivity index (χ1v) is 4.09. The molecule has 0 radical (unpaired) electrons. The Morgan fingerprint density at radius 2 is 2.00 bits per heavy atom. The van der Waals surface area contributed by atoms with E-state index in [1.165, 1.54) is 14.0 Å². The highest BCUT2D eigenvalue weighted by Gasteiger charge is 2.16. The van der Waals surface area contributed by atoms with Gasteiger partial charge in [0.15, 0.2) is 22.4 Å². The molecule has 13 heavy (non-hydrogen) atoms. The van der Waals surface area contributed by atoms with Crippen molar-refractivity contribution in [3.8, 4) is 5.75 Å². The van der Waals surface area contributed by atoms with Crippen LogP contribution in [0, 0.1) is 0 Å². The van der Waals surface area contributed by atoms with Crippen LogP contribution in [-0.2, 0) is 0 Å². The van der Waals surface area contributed by atoms with Crippen LogP contribution in [0.25, 0.3) is 0 Å². The lowest BCUT2D eigenvalue weighted by Crippen LogP contribution is -2.03. The van der Waals surface area contributed by atoms with Gasteiger partial charge in [-0.1, -0.05) is 11.6 Å². The molecule has 0 bridgehead atoms. The summed E-state index contributed by atoms with van der Waals surface area (Å²) in [5.41, 5.74) is 0.0903. The molecule has 70 valence electrons. The number of hydrogen-bond acceptors (Lipinski definition) is 4. The zero-order chi connectivity index (χ0) is 10.0. The number of aromatic nitrogens is 2. The van der Waals surface area contributed by atoms with Crippen LogP contribution in [0.2, 0.25) is 10.4 Å². The summed E-state index contributed by atoms with van der Waals surface area (Å²) in [7, 11) is 1.38. The molecule has 4 nitrogen and oxygen atoms in total. The van der Waals surface area contributed by atoms with Crippen molar-refractivity contribution >= 4 is 29.0 Å². The number of nitrogens with zero attached hydrogens (tertiary/aromatic N) is 2. The van der Waals surface area contributed by atoms with Gasteiger partial charge in [0.1, 0.15) is 0 Å². The highest BCUT2D eigenvalue weighted by atomic mass is 35.5. The lowest BCUT2D eigenvalue weighted by Gasteiger charge is -2.05. The Balaban J connectivity index is 3.38. The lowest BCUT2D eigenvalue weighted by atomic mass is 10.3. The molecule has 0 unspecified atom stereocenters. The molecule has 1 rings (SSSR count). The highest BCUT2D eigenvalue weighted by Crippen LogP contribution is 2.26. The second kappa shape index (κ2) is 3.89. The maximum Gasteiger partial charge on any atom is 0.224 e. The molecule has 0 saturated carbocycles. The van der Waals surface area contributed by atoms with Gasteiger partial charge < -0.3 is 4.74 Å². The molecule has 1 aromatic heterocycles. The fourth-order valence-corrected chi connectivity index (χ4v) is 1.28. The third kappa shape index (κ3) is 2.08. The van der Waals surface area contributed by atoms with Gasteiger partial charge in [0.25, 0.3) is 0 Å². The summed E-state index contributed by atoms with van der Waals surface area (Å²) in [5.74, 6) is -0.124. The third-order valence-corrected chi connectivity index (χ3v) is 1.76. The first-order valence-electron chi connectivity index (χ1n) is 3.34. The van der Waals surface area contributed by atoms with E-state index in [4.69, 9.17) is 27.9 Å². The second-order valence-electron chi connectivity index (χ2n) is 2.22. The lowest BCUT2D eigenvalue weighted by molar-refractivity contribution is 0.100. The van der Waals surface area contributed by atoms with Gasteiger partial charge in [0, 0.05) is 6.92 Å². The van der Waals surface area contributed by atoms with E-state index in [1.54, 1.807) is 0 Å². The largest absolute Gasteiger partial charge is 0.491 e. The Labute approximate surface area is 84.8 Å². The maximum absolute atomic E-state index is 11.0. The smallest absolute Gasteiger partial charge is 0.224 e. The van der Waals surface area contributed by atoms with E-state index in [2.05, 4.69) is 9.97 Å². The first-order chi connectivity index (χ1) is 6.06. The molecule has 0 aromatic carbocycles. The van der Waals surface area contributed by atoms with Gasteiger partial charge in [-0.2, -0.15) is 0 Å². The van der Waals surface area contributed by atoms with Gasteiger partial charge in [-0.3, -0.25) is 4.79 Å². The Morgan fingerprint density at radius 3 is 2.46 bits per heavy atom. The number of hydrogen-bond donors (Lipinski definition) is 0. The third-order valence-electron chi connectivity index (χ3n) is 1.33. The van der Waals surface area contributed by atoms with Crippen LogP contribution in [0.5, 0.6) is 5.75 Å². The fraction of sp³-hybridized carbons (Fsp3) is 0.286. The summed E-state index contributed by atoms with van der Waals surface area (Å²) in [6.45, 7) is 1.34. The van der Waals surface area contributed by atoms with Crippen molar-refractivity contribution in [1.82, 2.24) is 9.97 Å². The normalized spacial score (nSPS) is 9.85. The monoisotopic (exact) mass is 220 g/mol. The second-order valence-corrected chi connectivity index (χ2v) is 2.92. The summed E-state index contributed by atoms with van der Waals surface area (Å²) in [5, 5.41) is -0.0382. The first kappa shape index (κ1) is 10.2. The molecule has 1 heterocycles. The molecule has 0 aliphatic rings. The van der Waals surface area contributed by atoms with Gasteiger partial charge in [-0.25, -0.2) is 9.97 Å². The average molecular weight is 221 g/mol. The molecule has 0 atom stereocenters. The minimum absolute atomic E-state index is 0.0349. The Bertz CT molecular complexity index is 355. The summed E-state index contributed by atoms with van der Waals surface area (Å²) in [4.78, 5) is 18.4. The molecule has 0 fully saturated rings. The fourth-order valence-electron chi connectivity index (χ4n) is 0.817. The minimum atomic E-state index is -0.275. The van der Waals surface area contributed by atoms with Gasteiger partial charge >= 0.3 is 0 Å². The molecule has 0 saturated heterocycles. The molecular formula is C7H6Cl2N2O2. The van der Waals surface area contributed by atoms with Crippen LogP contribution in [0.15, 0.2) is 0 Å². The predicted octanol–water partition coefficient (Wildman–Crippen LogP) is 1.99. The van der Waals surface area contributed by atoms with Crippen molar-refractivity contribution in [3.05, 3.63) is 16.1 Å². The molecular weight excluding hydrogens is 215 g/mol. The van der Waals surface area contributed by atoms with E-state index in [0.29, 0.717) is 0 Å². The number of ether oxygens (including phenoxy) is 1. The molecule has 0 aliphatic carbocycles. The van der Waals surface area contributed by atoms with Crippen molar-refractivity contribution in [3.63, 3.8) is 0 Å². The highest BCUT2D eigenvalue weighted by molar-refractivity contribution is 6.33. The Morgan fingerprint density at radius 1 is 1.38 bits per heavy atom. The zero-order valence-electron chi connectivity index (χ0n) is 6.97. The van der Waals surface area contributed by atoms with Crippen LogP contribution < -0.4 is 4.74 Å². The molecule has 0 amide bonds. The SMILES string of the molecule is COc1c(Cl)nc(Cl)nc1C(C)=O. The van der Waals surface area contributed by atoms with Crippen molar-refractivity contribution in [1.29, 1.82) is 0 Å². The van der Waals surface area contributed by atoms with Crippen molar-refractivity contribution in [2.75, 3.05) is 7.11 Å². The van der Waals surface area contributed by atoms with Crippen molar-refractivity contribution in [2.24, 2.45) is 0 Å². The number of carbonyl (C=O) groups is 1. The van der Waals surface area contributed by atoms with Crippen molar-refractivity contribution < 1.29 is 9.53 Å².